The topological polar surface area (TPSA) is 78.5 Å². The maximum atomic E-state index is 11.6. The van der Waals surface area contributed by atoms with Crippen molar-refractivity contribution in [1.82, 2.24) is 14.3 Å². The monoisotopic (exact) mass is 251 g/mol. The summed E-state index contributed by atoms with van der Waals surface area (Å²) in [5.74, 6) is -0.109. The second-order valence-corrected chi connectivity index (χ2v) is 5.66. The zero-order chi connectivity index (χ0) is 12.8. The SMILES string of the molecule is CC(=O)NCCCNS(=O)(=O)N(C)C(C)C. The zero-order valence-electron chi connectivity index (χ0n) is 10.3. The largest absolute Gasteiger partial charge is 0.356 e. The van der Waals surface area contributed by atoms with Crippen LogP contribution >= 0.6 is 0 Å². The summed E-state index contributed by atoms with van der Waals surface area (Å²) in [4.78, 5) is 10.5. The van der Waals surface area contributed by atoms with E-state index in [1.807, 2.05) is 0 Å². The second-order valence-electron chi connectivity index (χ2n) is 3.85. The second kappa shape index (κ2) is 6.82. The molecule has 0 saturated heterocycles. The van der Waals surface area contributed by atoms with Crippen LogP contribution in [0.5, 0.6) is 0 Å². The molecule has 0 aliphatic rings. The lowest BCUT2D eigenvalue weighted by Crippen LogP contribution is -2.42. The molecule has 0 bridgehead atoms. The molecule has 0 aromatic carbocycles. The molecule has 0 heterocycles. The van der Waals surface area contributed by atoms with E-state index in [0.29, 0.717) is 19.5 Å². The van der Waals surface area contributed by atoms with Gasteiger partial charge in [-0.25, -0.2) is 4.72 Å². The van der Waals surface area contributed by atoms with Crippen molar-refractivity contribution in [3.05, 3.63) is 0 Å². The van der Waals surface area contributed by atoms with Gasteiger partial charge in [0.15, 0.2) is 0 Å². The van der Waals surface area contributed by atoms with Crippen LogP contribution in [-0.4, -0.2) is 44.8 Å². The highest BCUT2D eigenvalue weighted by Gasteiger charge is 2.18. The lowest BCUT2D eigenvalue weighted by atomic mass is 10.4. The lowest BCUT2D eigenvalue weighted by Gasteiger charge is -2.21. The van der Waals surface area contributed by atoms with Crippen LogP contribution < -0.4 is 10.0 Å². The van der Waals surface area contributed by atoms with Gasteiger partial charge in [0.2, 0.25) is 5.91 Å². The van der Waals surface area contributed by atoms with Gasteiger partial charge in [-0.3, -0.25) is 4.79 Å². The molecule has 0 aliphatic heterocycles. The van der Waals surface area contributed by atoms with Gasteiger partial charge in [0.05, 0.1) is 0 Å². The normalized spacial score (nSPS) is 12.1. The third kappa shape index (κ3) is 6.04. The smallest absolute Gasteiger partial charge is 0.279 e. The van der Waals surface area contributed by atoms with E-state index < -0.39 is 10.2 Å². The number of rotatable bonds is 7. The lowest BCUT2D eigenvalue weighted by molar-refractivity contribution is -0.118. The molecule has 0 rings (SSSR count). The van der Waals surface area contributed by atoms with Crippen molar-refractivity contribution in [1.29, 1.82) is 0 Å². The first-order chi connectivity index (χ1) is 7.27. The predicted octanol–water partition coefficient (Wildman–Crippen LogP) is -0.313. The number of carbonyl (C=O) groups excluding carboxylic acids is 1. The van der Waals surface area contributed by atoms with E-state index in [4.69, 9.17) is 0 Å². The molecule has 2 N–H and O–H groups in total. The molecular formula is C9H21N3O3S. The van der Waals surface area contributed by atoms with Gasteiger partial charge in [0, 0.05) is 33.1 Å². The summed E-state index contributed by atoms with van der Waals surface area (Å²) in [7, 11) is -1.86. The van der Waals surface area contributed by atoms with Crippen molar-refractivity contribution >= 4 is 16.1 Å². The van der Waals surface area contributed by atoms with E-state index in [0.717, 1.165) is 0 Å². The number of amides is 1. The highest BCUT2D eigenvalue weighted by molar-refractivity contribution is 7.87. The molecule has 96 valence electrons. The Balaban J connectivity index is 3.88. The number of nitrogens with zero attached hydrogens (tertiary/aromatic N) is 1. The highest BCUT2D eigenvalue weighted by Crippen LogP contribution is 1.99. The Labute approximate surface area is 97.6 Å². The maximum Gasteiger partial charge on any atom is 0.279 e. The minimum Gasteiger partial charge on any atom is -0.356 e. The quantitative estimate of drug-likeness (QED) is 0.609. The molecular weight excluding hydrogens is 230 g/mol. The molecule has 0 fully saturated rings. The Hall–Kier alpha value is -0.660. The van der Waals surface area contributed by atoms with Crippen LogP contribution in [0.15, 0.2) is 0 Å². The van der Waals surface area contributed by atoms with Gasteiger partial charge >= 0.3 is 0 Å². The van der Waals surface area contributed by atoms with Crippen molar-refractivity contribution in [2.24, 2.45) is 0 Å². The Bertz CT molecular complexity index is 314. The van der Waals surface area contributed by atoms with Gasteiger partial charge < -0.3 is 5.32 Å². The van der Waals surface area contributed by atoms with Crippen LogP contribution in [-0.2, 0) is 15.0 Å². The summed E-state index contributed by atoms with van der Waals surface area (Å²) in [5.41, 5.74) is 0. The fraction of sp³-hybridized carbons (Fsp3) is 0.889. The minimum absolute atomic E-state index is 0.0761. The molecule has 0 unspecified atom stereocenters. The summed E-state index contributed by atoms with van der Waals surface area (Å²) >= 11 is 0. The van der Waals surface area contributed by atoms with E-state index in [1.54, 1.807) is 13.8 Å². The highest BCUT2D eigenvalue weighted by atomic mass is 32.2. The van der Waals surface area contributed by atoms with Crippen LogP contribution in [0.4, 0.5) is 0 Å². The van der Waals surface area contributed by atoms with E-state index in [9.17, 15) is 13.2 Å². The van der Waals surface area contributed by atoms with E-state index in [-0.39, 0.29) is 11.9 Å². The standard InChI is InChI=1S/C9H21N3O3S/c1-8(2)12(4)16(14,15)11-7-5-6-10-9(3)13/h8,11H,5-7H2,1-4H3,(H,10,13). The van der Waals surface area contributed by atoms with Crippen LogP contribution in [0, 0.1) is 0 Å². The van der Waals surface area contributed by atoms with Crippen molar-refractivity contribution < 1.29 is 13.2 Å². The summed E-state index contributed by atoms with van der Waals surface area (Å²) in [6, 6.07) is -0.0761. The molecule has 0 aliphatic carbocycles. The summed E-state index contributed by atoms with van der Waals surface area (Å²) < 4.78 is 26.9. The zero-order valence-corrected chi connectivity index (χ0v) is 11.1. The van der Waals surface area contributed by atoms with Crippen molar-refractivity contribution in [3.8, 4) is 0 Å². The van der Waals surface area contributed by atoms with Gasteiger partial charge in [0.25, 0.3) is 10.2 Å². The average Bonchev–Trinajstić information content (AvgIpc) is 2.15. The van der Waals surface area contributed by atoms with Gasteiger partial charge in [0.1, 0.15) is 0 Å². The summed E-state index contributed by atoms with van der Waals surface area (Å²) in [6.07, 6.45) is 0.574. The Morgan fingerprint density at radius 2 is 1.88 bits per heavy atom. The molecule has 0 atom stereocenters. The van der Waals surface area contributed by atoms with Gasteiger partial charge in [-0.05, 0) is 20.3 Å². The minimum atomic E-state index is -3.39. The maximum absolute atomic E-state index is 11.6. The third-order valence-corrected chi connectivity index (χ3v) is 3.87. The Morgan fingerprint density at radius 3 is 2.31 bits per heavy atom. The number of nitrogens with one attached hydrogen (secondary N) is 2. The predicted molar refractivity (Wildman–Crippen MR) is 63.1 cm³/mol. The number of hydrogen-bond acceptors (Lipinski definition) is 3. The average molecular weight is 251 g/mol. The van der Waals surface area contributed by atoms with Crippen LogP contribution in [0.3, 0.4) is 0 Å². The van der Waals surface area contributed by atoms with E-state index >= 15 is 0 Å². The summed E-state index contributed by atoms with van der Waals surface area (Å²) in [6.45, 7) is 5.83. The van der Waals surface area contributed by atoms with E-state index in [1.165, 1.54) is 18.3 Å². The van der Waals surface area contributed by atoms with Gasteiger partial charge in [-0.2, -0.15) is 12.7 Å². The van der Waals surface area contributed by atoms with Crippen LogP contribution in [0.2, 0.25) is 0 Å². The van der Waals surface area contributed by atoms with Crippen molar-refractivity contribution in [2.45, 2.75) is 33.2 Å². The van der Waals surface area contributed by atoms with Gasteiger partial charge in [-0.15, -0.1) is 0 Å². The van der Waals surface area contributed by atoms with E-state index in [2.05, 4.69) is 10.0 Å². The first-order valence-electron chi connectivity index (χ1n) is 5.24. The molecule has 0 aromatic heterocycles. The Morgan fingerprint density at radius 1 is 1.31 bits per heavy atom. The molecule has 0 saturated carbocycles. The number of carbonyl (C=O) groups is 1. The molecule has 0 aromatic rings. The van der Waals surface area contributed by atoms with Crippen molar-refractivity contribution in [2.75, 3.05) is 20.1 Å². The number of hydrogen-bond donors (Lipinski definition) is 2. The first-order valence-corrected chi connectivity index (χ1v) is 6.68. The molecule has 0 spiro atoms. The van der Waals surface area contributed by atoms with Crippen LogP contribution in [0.25, 0.3) is 0 Å². The molecule has 1 amide bonds. The molecule has 7 heteroatoms. The molecule has 16 heavy (non-hydrogen) atoms. The van der Waals surface area contributed by atoms with Crippen LogP contribution in [0.1, 0.15) is 27.2 Å². The first kappa shape index (κ1) is 15.3. The Kier molecular flexibility index (Phi) is 6.54. The van der Waals surface area contributed by atoms with Gasteiger partial charge in [-0.1, -0.05) is 0 Å². The van der Waals surface area contributed by atoms with Crippen molar-refractivity contribution in [3.63, 3.8) is 0 Å². The third-order valence-electron chi connectivity index (χ3n) is 2.12. The summed E-state index contributed by atoms with van der Waals surface area (Å²) in [5, 5.41) is 2.60. The molecule has 6 nitrogen and oxygen atoms in total. The molecule has 0 radical (unpaired) electrons. The fourth-order valence-electron chi connectivity index (χ4n) is 0.933. The fourth-order valence-corrected chi connectivity index (χ4v) is 2.09.